The Balaban J connectivity index is 2.15. The maximum atomic E-state index is 13.3. The third-order valence-electron chi connectivity index (χ3n) is 4.20. The number of nitriles is 1. The third kappa shape index (κ3) is 2.91. The summed E-state index contributed by atoms with van der Waals surface area (Å²) in [6.07, 6.45) is -8.75. The van der Waals surface area contributed by atoms with Crippen LogP contribution in [0.5, 0.6) is 0 Å². The van der Waals surface area contributed by atoms with Crippen molar-refractivity contribution in [1.29, 1.82) is 5.26 Å². The van der Waals surface area contributed by atoms with Gasteiger partial charge >= 0.3 is 12.4 Å². The van der Waals surface area contributed by atoms with Gasteiger partial charge in [-0.15, -0.1) is 0 Å². The first kappa shape index (κ1) is 18.9. The monoisotopic (exact) mass is 413 g/mol. The molecule has 2 aromatic rings. The molecular formula is C15H7Cl2F6N3. The van der Waals surface area contributed by atoms with E-state index in [9.17, 15) is 26.3 Å². The van der Waals surface area contributed by atoms with Gasteiger partial charge in [-0.05, 0) is 25.0 Å². The maximum Gasteiger partial charge on any atom is 0.416 e. The lowest BCUT2D eigenvalue weighted by Gasteiger charge is -2.17. The van der Waals surface area contributed by atoms with Crippen molar-refractivity contribution in [3.63, 3.8) is 0 Å². The van der Waals surface area contributed by atoms with Crippen LogP contribution >= 0.6 is 23.2 Å². The number of halogens is 8. The molecule has 138 valence electrons. The zero-order valence-electron chi connectivity index (χ0n) is 12.5. The first-order valence-corrected chi connectivity index (χ1v) is 7.80. The van der Waals surface area contributed by atoms with Crippen LogP contribution in [0.3, 0.4) is 0 Å². The average molecular weight is 414 g/mol. The molecule has 3 nitrogen and oxygen atoms in total. The van der Waals surface area contributed by atoms with Crippen molar-refractivity contribution in [2.75, 3.05) is 0 Å². The molecule has 1 saturated carbocycles. The second kappa shape index (κ2) is 5.79. The van der Waals surface area contributed by atoms with Crippen LogP contribution in [0, 0.1) is 11.3 Å². The van der Waals surface area contributed by atoms with E-state index in [0.717, 1.165) is 10.9 Å². The van der Waals surface area contributed by atoms with E-state index >= 15 is 0 Å². The molecule has 0 aliphatic heterocycles. The van der Waals surface area contributed by atoms with Gasteiger partial charge in [0.25, 0.3) is 0 Å². The Morgan fingerprint density at radius 1 is 1.08 bits per heavy atom. The number of hydrogen-bond acceptors (Lipinski definition) is 2. The molecule has 0 bridgehead atoms. The van der Waals surface area contributed by atoms with Gasteiger partial charge in [-0.3, -0.25) is 0 Å². The van der Waals surface area contributed by atoms with E-state index in [1.54, 1.807) is 6.07 Å². The van der Waals surface area contributed by atoms with Crippen LogP contribution in [-0.2, 0) is 11.6 Å². The summed E-state index contributed by atoms with van der Waals surface area (Å²) in [4.78, 5) is 0. The zero-order valence-corrected chi connectivity index (χ0v) is 14.0. The largest absolute Gasteiger partial charge is 0.416 e. The van der Waals surface area contributed by atoms with Gasteiger partial charge in [-0.2, -0.15) is 36.7 Å². The lowest BCUT2D eigenvalue weighted by molar-refractivity contribution is -0.160. The van der Waals surface area contributed by atoms with Crippen LogP contribution in [0.15, 0.2) is 18.3 Å². The minimum atomic E-state index is -4.70. The van der Waals surface area contributed by atoms with Crippen LogP contribution in [0.2, 0.25) is 10.0 Å². The smallest absolute Gasteiger partial charge is 0.236 e. The second-order valence-corrected chi connectivity index (χ2v) is 6.63. The summed E-state index contributed by atoms with van der Waals surface area (Å²) in [5.74, 6) is 0. The van der Waals surface area contributed by atoms with E-state index in [2.05, 4.69) is 5.10 Å². The number of hydrogen-bond donors (Lipinski definition) is 0. The van der Waals surface area contributed by atoms with Crippen molar-refractivity contribution >= 4 is 23.2 Å². The van der Waals surface area contributed by atoms with Gasteiger partial charge in [0.15, 0.2) is 5.69 Å². The molecule has 1 aromatic heterocycles. The molecular weight excluding hydrogens is 407 g/mol. The summed E-state index contributed by atoms with van der Waals surface area (Å²) in [6, 6.07) is 2.76. The second-order valence-electron chi connectivity index (χ2n) is 5.81. The third-order valence-corrected chi connectivity index (χ3v) is 4.78. The maximum absolute atomic E-state index is 13.3. The summed E-state index contributed by atoms with van der Waals surface area (Å²) in [6.45, 7) is 0. The Bertz CT molecular complexity index is 896. The van der Waals surface area contributed by atoms with Gasteiger partial charge in [-0.1, -0.05) is 23.2 Å². The fourth-order valence-electron chi connectivity index (χ4n) is 2.70. The molecule has 0 saturated heterocycles. The first-order valence-electron chi connectivity index (χ1n) is 7.04. The number of benzene rings is 1. The Morgan fingerprint density at radius 3 is 2.00 bits per heavy atom. The van der Waals surface area contributed by atoms with E-state index in [-0.39, 0.29) is 24.1 Å². The number of rotatable bonds is 2. The summed E-state index contributed by atoms with van der Waals surface area (Å²) in [7, 11) is 0. The highest BCUT2D eigenvalue weighted by Crippen LogP contribution is 2.59. The Hall–Kier alpha value is -1.92. The van der Waals surface area contributed by atoms with Gasteiger partial charge in [0, 0.05) is 11.8 Å². The van der Waals surface area contributed by atoms with Gasteiger partial charge in [0.2, 0.25) is 0 Å². The standard InChI is InChI=1S/C15H7Cl2F6N3/c16-9-3-7(14(18,19)20)4-10(17)12(9)26-6-8(11(5-24)25-26)13(1-2-13)15(21,22)23/h3-4,6H,1-2H2. The molecule has 1 heterocycles. The molecule has 11 heteroatoms. The van der Waals surface area contributed by atoms with Crippen molar-refractivity contribution in [3.05, 3.63) is 45.2 Å². The van der Waals surface area contributed by atoms with Crippen molar-refractivity contribution in [2.45, 2.75) is 30.6 Å². The van der Waals surface area contributed by atoms with Crippen molar-refractivity contribution in [2.24, 2.45) is 0 Å². The van der Waals surface area contributed by atoms with E-state index in [0.29, 0.717) is 12.1 Å². The molecule has 1 fully saturated rings. The topological polar surface area (TPSA) is 41.6 Å². The zero-order chi connectivity index (χ0) is 19.5. The molecule has 3 rings (SSSR count). The molecule has 0 unspecified atom stereocenters. The fraction of sp³-hybridized carbons (Fsp3) is 0.333. The summed E-state index contributed by atoms with van der Waals surface area (Å²) in [5, 5.41) is 11.9. The fourth-order valence-corrected chi connectivity index (χ4v) is 3.36. The molecule has 0 N–H and O–H groups in total. The summed E-state index contributed by atoms with van der Waals surface area (Å²) >= 11 is 11.7. The van der Waals surface area contributed by atoms with E-state index in [4.69, 9.17) is 28.5 Å². The molecule has 1 aliphatic rings. The molecule has 0 radical (unpaired) electrons. The minimum absolute atomic E-state index is 0.203. The van der Waals surface area contributed by atoms with E-state index < -0.39 is 39.1 Å². The number of aromatic nitrogens is 2. The molecule has 1 aliphatic carbocycles. The van der Waals surface area contributed by atoms with Crippen molar-refractivity contribution in [1.82, 2.24) is 9.78 Å². The highest BCUT2D eigenvalue weighted by Gasteiger charge is 2.65. The number of alkyl halides is 6. The van der Waals surface area contributed by atoms with Crippen molar-refractivity contribution in [3.8, 4) is 11.8 Å². The lowest BCUT2D eigenvalue weighted by atomic mass is 9.96. The van der Waals surface area contributed by atoms with E-state index in [1.807, 2.05) is 0 Å². The van der Waals surface area contributed by atoms with E-state index in [1.165, 1.54) is 0 Å². The van der Waals surface area contributed by atoms with Crippen LogP contribution < -0.4 is 0 Å². The summed E-state index contributed by atoms with van der Waals surface area (Å²) in [5.41, 5.74) is -4.35. The van der Waals surface area contributed by atoms with Crippen LogP contribution in [0.1, 0.15) is 29.7 Å². The number of nitrogens with zero attached hydrogens (tertiary/aromatic N) is 3. The molecule has 26 heavy (non-hydrogen) atoms. The van der Waals surface area contributed by atoms with Gasteiger partial charge < -0.3 is 0 Å². The predicted molar refractivity (Wildman–Crippen MR) is 80.3 cm³/mol. The minimum Gasteiger partial charge on any atom is -0.236 e. The van der Waals surface area contributed by atoms with Gasteiger partial charge in [0.1, 0.15) is 11.8 Å². The normalized spacial score (nSPS) is 16.4. The van der Waals surface area contributed by atoms with Crippen molar-refractivity contribution < 1.29 is 26.3 Å². The van der Waals surface area contributed by atoms with Gasteiger partial charge in [0.05, 0.1) is 21.0 Å². The van der Waals surface area contributed by atoms with Gasteiger partial charge in [-0.25, -0.2) is 4.68 Å². The Kier molecular flexibility index (Phi) is 4.20. The SMILES string of the molecule is N#Cc1nn(-c2c(Cl)cc(C(F)(F)F)cc2Cl)cc1C1(C(F)(F)F)CC1. The predicted octanol–water partition coefficient (Wildman–Crippen LogP) is 5.66. The molecule has 0 amide bonds. The van der Waals surface area contributed by atoms with Crippen LogP contribution in [-0.4, -0.2) is 16.0 Å². The quantitative estimate of drug-likeness (QED) is 0.595. The average Bonchev–Trinajstić information content (AvgIpc) is 3.21. The Labute approximate surface area is 152 Å². The summed E-state index contributed by atoms with van der Waals surface area (Å²) < 4.78 is 79.2. The molecule has 0 atom stereocenters. The highest BCUT2D eigenvalue weighted by molar-refractivity contribution is 6.37. The van der Waals surface area contributed by atoms with Crippen LogP contribution in [0.25, 0.3) is 5.69 Å². The Morgan fingerprint density at radius 2 is 1.62 bits per heavy atom. The first-order chi connectivity index (χ1) is 11.9. The molecule has 1 aromatic carbocycles. The van der Waals surface area contributed by atoms with Crippen LogP contribution in [0.4, 0.5) is 26.3 Å². The highest BCUT2D eigenvalue weighted by atomic mass is 35.5. The molecule has 0 spiro atoms. The lowest BCUT2D eigenvalue weighted by Crippen LogP contribution is -2.29.